The number of carbonyl (C=O) groups excluding carboxylic acids is 1. The maximum Gasteiger partial charge on any atom is 0.356 e. The Kier molecular flexibility index (Phi) is 5.46. The maximum absolute atomic E-state index is 12.7. The Hall–Kier alpha value is -1.98. The predicted molar refractivity (Wildman–Crippen MR) is 81.7 cm³/mol. The fourth-order valence-electron chi connectivity index (χ4n) is 2.93. The van der Waals surface area contributed by atoms with Crippen molar-refractivity contribution in [2.24, 2.45) is 5.92 Å². The summed E-state index contributed by atoms with van der Waals surface area (Å²) in [5.74, 6) is -0.755. The topological polar surface area (TPSA) is 83.4 Å². The largest absolute Gasteiger partial charge is 0.476 e. The van der Waals surface area contributed by atoms with Crippen LogP contribution in [0.15, 0.2) is 12.4 Å². The van der Waals surface area contributed by atoms with E-state index in [1.54, 1.807) is 0 Å². The first-order valence-corrected chi connectivity index (χ1v) is 7.85. The highest BCUT2D eigenvalue weighted by Gasteiger charge is 2.27. The van der Waals surface area contributed by atoms with Gasteiger partial charge in [0, 0.05) is 12.6 Å². The van der Waals surface area contributed by atoms with E-state index < -0.39 is 5.97 Å². The lowest BCUT2D eigenvalue weighted by Crippen LogP contribution is -2.41. The molecule has 6 heteroatoms. The number of carboxylic acids is 1. The molecule has 1 amide bonds. The van der Waals surface area contributed by atoms with Crippen molar-refractivity contribution in [3.8, 4) is 0 Å². The second-order valence-corrected chi connectivity index (χ2v) is 6.22. The van der Waals surface area contributed by atoms with Gasteiger partial charge in [0.05, 0.1) is 12.4 Å². The highest BCUT2D eigenvalue weighted by molar-refractivity contribution is 5.93. The van der Waals surface area contributed by atoms with E-state index >= 15 is 0 Å². The fraction of sp³-hybridized carbons (Fsp3) is 0.625. The van der Waals surface area contributed by atoms with E-state index in [2.05, 4.69) is 23.8 Å². The van der Waals surface area contributed by atoms with Gasteiger partial charge in [0.25, 0.3) is 5.91 Å². The molecular weight excluding hydrogens is 282 g/mol. The summed E-state index contributed by atoms with van der Waals surface area (Å²) in [6.45, 7) is 5.06. The molecule has 1 fully saturated rings. The Morgan fingerprint density at radius 1 is 1.23 bits per heavy atom. The van der Waals surface area contributed by atoms with Crippen LogP contribution in [-0.4, -0.2) is 44.4 Å². The lowest BCUT2D eigenvalue weighted by Gasteiger charge is -2.31. The molecule has 6 nitrogen and oxygen atoms in total. The first-order valence-electron chi connectivity index (χ1n) is 7.85. The number of likely N-dealkylation sites (tertiary alicyclic amines) is 1. The van der Waals surface area contributed by atoms with E-state index in [4.69, 9.17) is 5.11 Å². The van der Waals surface area contributed by atoms with Gasteiger partial charge in [-0.3, -0.25) is 4.79 Å². The van der Waals surface area contributed by atoms with Gasteiger partial charge in [0.1, 0.15) is 5.69 Å². The molecule has 1 aromatic rings. The van der Waals surface area contributed by atoms with E-state index in [9.17, 15) is 9.59 Å². The molecule has 1 unspecified atom stereocenters. The molecule has 22 heavy (non-hydrogen) atoms. The summed E-state index contributed by atoms with van der Waals surface area (Å²) in [4.78, 5) is 33.2. The van der Waals surface area contributed by atoms with Gasteiger partial charge < -0.3 is 10.0 Å². The van der Waals surface area contributed by atoms with E-state index in [1.165, 1.54) is 6.20 Å². The highest BCUT2D eigenvalue weighted by atomic mass is 16.4. The van der Waals surface area contributed by atoms with Crippen molar-refractivity contribution >= 4 is 11.9 Å². The smallest absolute Gasteiger partial charge is 0.356 e. The van der Waals surface area contributed by atoms with Gasteiger partial charge in [-0.05, 0) is 25.2 Å². The average Bonchev–Trinajstić information content (AvgIpc) is 2.71. The summed E-state index contributed by atoms with van der Waals surface area (Å²) in [7, 11) is 0. The quantitative estimate of drug-likeness (QED) is 0.924. The van der Waals surface area contributed by atoms with Gasteiger partial charge in [0.2, 0.25) is 0 Å². The molecule has 0 aromatic carbocycles. The van der Waals surface area contributed by atoms with Crippen molar-refractivity contribution in [2.75, 3.05) is 6.54 Å². The molecule has 1 aromatic heterocycles. The number of aromatic nitrogens is 2. The Morgan fingerprint density at radius 3 is 2.50 bits per heavy atom. The summed E-state index contributed by atoms with van der Waals surface area (Å²) >= 11 is 0. The minimum absolute atomic E-state index is 0.142. The molecule has 120 valence electrons. The van der Waals surface area contributed by atoms with Crippen molar-refractivity contribution in [1.82, 2.24) is 14.9 Å². The van der Waals surface area contributed by atoms with Crippen LogP contribution in [0.25, 0.3) is 0 Å². The monoisotopic (exact) mass is 305 g/mol. The van der Waals surface area contributed by atoms with Crippen molar-refractivity contribution in [1.29, 1.82) is 0 Å². The Bertz CT molecular complexity index is 528. The van der Waals surface area contributed by atoms with Gasteiger partial charge in [-0.25, -0.2) is 14.8 Å². The number of carbonyl (C=O) groups is 2. The van der Waals surface area contributed by atoms with E-state index in [1.807, 2.05) is 4.90 Å². The van der Waals surface area contributed by atoms with Crippen LogP contribution in [-0.2, 0) is 0 Å². The summed E-state index contributed by atoms with van der Waals surface area (Å²) in [5.41, 5.74) is 0.0757. The number of rotatable bonds is 4. The number of aromatic carboxylic acids is 1. The third-order valence-electron chi connectivity index (χ3n) is 3.97. The third kappa shape index (κ3) is 4.02. The molecule has 2 rings (SSSR count). The van der Waals surface area contributed by atoms with E-state index in [0.29, 0.717) is 5.92 Å². The van der Waals surface area contributed by atoms with Crippen LogP contribution in [0.1, 0.15) is 66.9 Å². The van der Waals surface area contributed by atoms with Gasteiger partial charge >= 0.3 is 5.97 Å². The normalized spacial score (nSPS) is 19.0. The lowest BCUT2D eigenvalue weighted by atomic mass is 9.98. The zero-order valence-corrected chi connectivity index (χ0v) is 13.2. The van der Waals surface area contributed by atoms with Crippen LogP contribution >= 0.6 is 0 Å². The molecule has 0 aliphatic carbocycles. The van der Waals surface area contributed by atoms with Crippen molar-refractivity contribution in [3.05, 3.63) is 23.8 Å². The zero-order chi connectivity index (χ0) is 16.1. The summed E-state index contributed by atoms with van der Waals surface area (Å²) in [6.07, 6.45) is 7.69. The lowest BCUT2D eigenvalue weighted by molar-refractivity contribution is 0.0647. The van der Waals surface area contributed by atoms with Crippen LogP contribution in [0.4, 0.5) is 0 Å². The third-order valence-corrected chi connectivity index (χ3v) is 3.97. The maximum atomic E-state index is 12.7. The van der Waals surface area contributed by atoms with Gasteiger partial charge in [0.15, 0.2) is 5.69 Å². The van der Waals surface area contributed by atoms with Crippen LogP contribution in [0, 0.1) is 5.92 Å². The molecule has 0 spiro atoms. The second-order valence-electron chi connectivity index (χ2n) is 6.22. The molecule has 0 bridgehead atoms. The molecule has 1 aliphatic rings. The Labute approximate surface area is 130 Å². The van der Waals surface area contributed by atoms with E-state index in [0.717, 1.165) is 44.8 Å². The first kappa shape index (κ1) is 16.4. The van der Waals surface area contributed by atoms with Crippen molar-refractivity contribution in [3.63, 3.8) is 0 Å². The molecule has 0 radical (unpaired) electrons. The minimum Gasteiger partial charge on any atom is -0.476 e. The van der Waals surface area contributed by atoms with Crippen LogP contribution in [0.3, 0.4) is 0 Å². The molecule has 1 saturated heterocycles. The van der Waals surface area contributed by atoms with Gasteiger partial charge in [-0.1, -0.05) is 26.7 Å². The fourth-order valence-corrected chi connectivity index (χ4v) is 2.93. The predicted octanol–water partition coefficient (Wildman–Crippen LogP) is 2.61. The number of hydrogen-bond donors (Lipinski definition) is 1. The second kappa shape index (κ2) is 7.33. The molecule has 2 heterocycles. The molecule has 1 atom stereocenters. The standard InChI is InChI=1S/C16H23N3O3/c1-11(2)8-12-6-4-3-5-7-19(12)15(20)13-9-18-14(10-17-13)16(21)22/h9-12H,3-8H2,1-2H3,(H,21,22). The van der Waals surface area contributed by atoms with Crippen LogP contribution in [0.2, 0.25) is 0 Å². The summed E-state index contributed by atoms with van der Waals surface area (Å²) < 4.78 is 0. The molecular formula is C16H23N3O3. The van der Waals surface area contributed by atoms with Gasteiger partial charge in [-0.2, -0.15) is 0 Å². The zero-order valence-electron chi connectivity index (χ0n) is 13.2. The van der Waals surface area contributed by atoms with Crippen LogP contribution in [0.5, 0.6) is 0 Å². The molecule has 1 N–H and O–H groups in total. The van der Waals surface area contributed by atoms with Gasteiger partial charge in [-0.15, -0.1) is 0 Å². The number of carboxylic acid groups (broad SMARTS) is 1. The molecule has 1 aliphatic heterocycles. The first-order chi connectivity index (χ1) is 10.5. The SMILES string of the molecule is CC(C)CC1CCCCCN1C(=O)c1cnc(C(=O)O)cn1. The van der Waals surface area contributed by atoms with Crippen LogP contribution < -0.4 is 0 Å². The number of amides is 1. The highest BCUT2D eigenvalue weighted by Crippen LogP contribution is 2.23. The molecule has 0 saturated carbocycles. The Balaban J connectivity index is 2.18. The summed E-state index contributed by atoms with van der Waals surface area (Å²) in [6, 6.07) is 0.232. The Morgan fingerprint density at radius 2 is 1.91 bits per heavy atom. The van der Waals surface area contributed by atoms with E-state index in [-0.39, 0.29) is 23.3 Å². The average molecular weight is 305 g/mol. The number of nitrogens with zero attached hydrogens (tertiary/aromatic N) is 3. The van der Waals surface area contributed by atoms with Crippen molar-refractivity contribution in [2.45, 2.75) is 52.0 Å². The van der Waals surface area contributed by atoms with Crippen molar-refractivity contribution < 1.29 is 14.7 Å². The minimum atomic E-state index is -1.14. The number of hydrogen-bond acceptors (Lipinski definition) is 4. The summed E-state index contributed by atoms with van der Waals surface area (Å²) in [5, 5.41) is 8.84.